The molecule has 0 bridgehead atoms. The number of Topliss-reactive ketones (excluding diaryl/α,β-unsaturated/α-hetero) is 1. The number of allylic oxidation sites excluding steroid dienone is 1. The molecule has 1 N–H and O–H groups in total. The molecule has 0 aromatic carbocycles. The number of thiophene rings is 1. The first-order valence-corrected chi connectivity index (χ1v) is 13.8. The minimum atomic E-state index is -0.598. The van der Waals surface area contributed by atoms with Gasteiger partial charge in [-0.05, 0) is 69.7 Å². The van der Waals surface area contributed by atoms with Crippen LogP contribution in [0.25, 0.3) is 11.1 Å². The number of thiazole rings is 1. The SMILES string of the molecule is CCOC(=O)c1c(-n2c(C)cc(/C=C3\SC(=N)[C@@H](c4nccs4)C3=O)c2C)sc2c1CCCC2. The number of carbonyl (C=O) groups excluding carboxylic acids is 2. The Balaban J connectivity index is 1.57. The summed E-state index contributed by atoms with van der Waals surface area (Å²) in [6, 6.07) is 2.05. The largest absolute Gasteiger partial charge is 0.462 e. The van der Waals surface area contributed by atoms with Crippen LogP contribution in [0, 0.1) is 19.3 Å². The summed E-state index contributed by atoms with van der Waals surface area (Å²) in [4.78, 5) is 32.2. The zero-order valence-electron chi connectivity index (χ0n) is 19.3. The molecule has 176 valence electrons. The molecule has 1 saturated heterocycles. The number of rotatable bonds is 5. The summed E-state index contributed by atoms with van der Waals surface area (Å²) in [5, 5.41) is 12.1. The molecule has 4 heterocycles. The van der Waals surface area contributed by atoms with E-state index in [2.05, 4.69) is 9.55 Å². The lowest BCUT2D eigenvalue weighted by Crippen LogP contribution is -2.12. The quantitative estimate of drug-likeness (QED) is 0.331. The van der Waals surface area contributed by atoms with Gasteiger partial charge in [0.2, 0.25) is 0 Å². The van der Waals surface area contributed by atoms with Gasteiger partial charge in [-0.2, -0.15) is 0 Å². The summed E-state index contributed by atoms with van der Waals surface area (Å²) in [6.45, 7) is 6.21. The van der Waals surface area contributed by atoms with Crippen LogP contribution in [-0.4, -0.2) is 33.0 Å². The summed E-state index contributed by atoms with van der Waals surface area (Å²) < 4.78 is 7.57. The third-order valence-corrected chi connectivity index (χ3v) is 9.39. The Morgan fingerprint density at radius 3 is 2.85 bits per heavy atom. The van der Waals surface area contributed by atoms with Crippen molar-refractivity contribution < 1.29 is 14.3 Å². The molecular weight excluding hydrogens is 486 g/mol. The van der Waals surface area contributed by atoms with Crippen molar-refractivity contribution >= 4 is 57.3 Å². The number of aryl methyl sites for hydroxylation is 2. The van der Waals surface area contributed by atoms with Gasteiger partial charge in [-0.3, -0.25) is 10.2 Å². The van der Waals surface area contributed by atoms with Crippen LogP contribution in [0.4, 0.5) is 0 Å². The fourth-order valence-electron chi connectivity index (χ4n) is 4.70. The van der Waals surface area contributed by atoms with Crippen LogP contribution in [0.3, 0.4) is 0 Å². The minimum absolute atomic E-state index is 0.0754. The fourth-order valence-corrected chi connectivity index (χ4v) is 7.99. The van der Waals surface area contributed by atoms with Crippen molar-refractivity contribution in [3.8, 4) is 5.00 Å². The highest BCUT2D eigenvalue weighted by molar-refractivity contribution is 8.19. The zero-order valence-corrected chi connectivity index (χ0v) is 21.7. The Morgan fingerprint density at radius 1 is 1.32 bits per heavy atom. The molecule has 1 fully saturated rings. The van der Waals surface area contributed by atoms with Crippen LogP contribution in [-0.2, 0) is 22.4 Å². The van der Waals surface area contributed by atoms with E-state index in [1.807, 2.05) is 38.3 Å². The van der Waals surface area contributed by atoms with Gasteiger partial charge >= 0.3 is 5.97 Å². The molecular formula is C25H25N3O3S3. The Morgan fingerprint density at radius 2 is 2.12 bits per heavy atom. The number of carbonyl (C=O) groups is 2. The molecule has 5 rings (SSSR count). The number of hydrogen-bond donors (Lipinski definition) is 1. The van der Waals surface area contributed by atoms with Crippen molar-refractivity contribution in [3.05, 3.63) is 60.5 Å². The normalized spacial score (nSPS) is 19.1. The van der Waals surface area contributed by atoms with Crippen molar-refractivity contribution in [3.63, 3.8) is 0 Å². The molecule has 1 aliphatic heterocycles. The Hall–Kier alpha value is -2.49. The van der Waals surface area contributed by atoms with E-state index in [1.165, 1.54) is 28.0 Å². The molecule has 0 radical (unpaired) electrons. The maximum atomic E-state index is 13.1. The van der Waals surface area contributed by atoms with Crippen LogP contribution in [0.15, 0.2) is 22.5 Å². The third-order valence-electron chi connectivity index (χ3n) is 6.28. The summed E-state index contributed by atoms with van der Waals surface area (Å²) >= 11 is 4.30. The van der Waals surface area contributed by atoms with E-state index in [-0.39, 0.29) is 11.8 Å². The topological polar surface area (TPSA) is 85.0 Å². The van der Waals surface area contributed by atoms with E-state index < -0.39 is 5.92 Å². The van der Waals surface area contributed by atoms with Crippen LogP contribution in [0.5, 0.6) is 0 Å². The second kappa shape index (κ2) is 9.28. The number of ether oxygens (including phenoxy) is 1. The Kier molecular flexibility index (Phi) is 6.35. The first-order chi connectivity index (χ1) is 16.4. The number of thioether (sulfide) groups is 1. The molecule has 1 aliphatic carbocycles. The predicted octanol–water partition coefficient (Wildman–Crippen LogP) is 6.09. The lowest BCUT2D eigenvalue weighted by Gasteiger charge is -2.13. The highest BCUT2D eigenvalue weighted by Gasteiger charge is 2.38. The molecule has 6 nitrogen and oxygen atoms in total. The fraction of sp³-hybridized carbons (Fsp3) is 0.360. The van der Waals surface area contributed by atoms with Gasteiger partial charge in [0.15, 0.2) is 5.78 Å². The van der Waals surface area contributed by atoms with E-state index >= 15 is 0 Å². The number of esters is 1. The number of nitrogens with one attached hydrogen (secondary N) is 1. The van der Waals surface area contributed by atoms with Gasteiger partial charge in [0.1, 0.15) is 15.9 Å². The van der Waals surface area contributed by atoms with Gasteiger partial charge in [-0.1, -0.05) is 11.8 Å². The van der Waals surface area contributed by atoms with E-state index in [9.17, 15) is 9.59 Å². The summed E-state index contributed by atoms with van der Waals surface area (Å²) in [7, 11) is 0. The number of hydrogen-bond acceptors (Lipinski definition) is 8. The van der Waals surface area contributed by atoms with Gasteiger partial charge < -0.3 is 9.30 Å². The van der Waals surface area contributed by atoms with Gasteiger partial charge in [-0.25, -0.2) is 9.78 Å². The minimum Gasteiger partial charge on any atom is -0.462 e. The summed E-state index contributed by atoms with van der Waals surface area (Å²) in [5.74, 6) is -0.932. The van der Waals surface area contributed by atoms with E-state index in [1.54, 1.807) is 17.5 Å². The predicted molar refractivity (Wildman–Crippen MR) is 139 cm³/mol. The average Bonchev–Trinajstić information content (AvgIpc) is 3.56. The molecule has 0 spiro atoms. The van der Waals surface area contributed by atoms with Gasteiger partial charge in [0, 0.05) is 27.8 Å². The first-order valence-electron chi connectivity index (χ1n) is 11.3. The second-order valence-electron chi connectivity index (χ2n) is 8.42. The maximum Gasteiger partial charge on any atom is 0.341 e. The third kappa shape index (κ3) is 3.89. The van der Waals surface area contributed by atoms with Crippen molar-refractivity contribution in [2.24, 2.45) is 0 Å². The standard InChI is InChI=1S/C25H25N3O3S3/c1-4-31-25(30)19-16-7-5-6-8-17(16)34-24(19)28-13(2)11-15(14(28)3)12-18-21(29)20(22(26)33-18)23-27-9-10-32-23/h9-12,20,26H,4-8H2,1-3H3/b18-12-,26-22?/t20-/m0/s1. The van der Waals surface area contributed by atoms with Crippen molar-refractivity contribution in [2.75, 3.05) is 6.61 Å². The Bertz CT molecular complexity index is 1330. The van der Waals surface area contributed by atoms with E-state index in [0.29, 0.717) is 27.1 Å². The number of ketones is 1. The first kappa shape index (κ1) is 23.3. The number of fused-ring (bicyclic) bond motifs is 1. The van der Waals surface area contributed by atoms with E-state index in [0.717, 1.165) is 53.2 Å². The molecule has 0 amide bonds. The zero-order chi connectivity index (χ0) is 24.0. The molecule has 3 aromatic heterocycles. The van der Waals surface area contributed by atoms with Crippen LogP contribution in [0.1, 0.15) is 68.4 Å². The van der Waals surface area contributed by atoms with E-state index in [4.69, 9.17) is 10.1 Å². The maximum absolute atomic E-state index is 13.1. The van der Waals surface area contributed by atoms with Gasteiger partial charge in [0.25, 0.3) is 0 Å². The number of nitrogens with zero attached hydrogens (tertiary/aromatic N) is 2. The highest BCUT2D eigenvalue weighted by atomic mass is 32.2. The second-order valence-corrected chi connectivity index (χ2v) is 11.5. The van der Waals surface area contributed by atoms with Crippen molar-refractivity contribution in [1.82, 2.24) is 9.55 Å². The van der Waals surface area contributed by atoms with Gasteiger partial charge in [-0.15, -0.1) is 22.7 Å². The molecule has 0 saturated carbocycles. The van der Waals surface area contributed by atoms with Crippen molar-refractivity contribution in [2.45, 2.75) is 52.4 Å². The molecule has 2 aliphatic rings. The lowest BCUT2D eigenvalue weighted by atomic mass is 9.95. The molecule has 0 unspecified atom stereocenters. The average molecular weight is 512 g/mol. The van der Waals surface area contributed by atoms with Crippen molar-refractivity contribution in [1.29, 1.82) is 5.41 Å². The molecule has 9 heteroatoms. The summed E-state index contributed by atoms with van der Waals surface area (Å²) in [6.07, 6.45) is 7.67. The Labute approximate surface area is 210 Å². The number of aromatic nitrogens is 2. The highest BCUT2D eigenvalue weighted by Crippen LogP contribution is 2.43. The van der Waals surface area contributed by atoms with Crippen LogP contribution >= 0.6 is 34.4 Å². The van der Waals surface area contributed by atoms with Gasteiger partial charge in [0.05, 0.1) is 22.1 Å². The van der Waals surface area contributed by atoms with Crippen LogP contribution < -0.4 is 0 Å². The molecule has 3 aromatic rings. The summed E-state index contributed by atoms with van der Waals surface area (Å²) in [5.41, 5.74) is 4.71. The monoisotopic (exact) mass is 511 g/mol. The molecule has 1 atom stereocenters. The van der Waals surface area contributed by atoms with Crippen LogP contribution in [0.2, 0.25) is 0 Å². The molecule has 34 heavy (non-hydrogen) atoms. The smallest absolute Gasteiger partial charge is 0.341 e. The lowest BCUT2D eigenvalue weighted by molar-refractivity contribution is -0.114.